The molecule has 0 radical (unpaired) electrons. The first kappa shape index (κ1) is 21.8. The van der Waals surface area contributed by atoms with E-state index < -0.39 is 5.97 Å². The lowest BCUT2D eigenvalue weighted by molar-refractivity contribution is -0.134. The van der Waals surface area contributed by atoms with E-state index in [2.05, 4.69) is 10.1 Å². The van der Waals surface area contributed by atoms with Crippen molar-refractivity contribution in [1.29, 1.82) is 0 Å². The minimum atomic E-state index is -0.454. The van der Waals surface area contributed by atoms with Crippen molar-refractivity contribution >= 4 is 24.0 Å². The number of ether oxygens (including phenoxy) is 3. The highest BCUT2D eigenvalue weighted by molar-refractivity contribution is 5.91. The van der Waals surface area contributed by atoms with Crippen LogP contribution in [-0.2, 0) is 20.7 Å². The van der Waals surface area contributed by atoms with Crippen molar-refractivity contribution in [2.24, 2.45) is 0 Å². The fraction of sp³-hybridized carbons (Fsp3) is 0.217. The highest BCUT2D eigenvalue weighted by Crippen LogP contribution is 2.31. The number of carbonyl (C=O) groups excluding carboxylic acids is 2. The molecule has 6 nitrogen and oxygen atoms in total. The maximum Gasteiger partial charge on any atom is 0.330 e. The normalized spacial score (nSPS) is 10.9. The molecule has 0 saturated heterocycles. The van der Waals surface area contributed by atoms with Gasteiger partial charge >= 0.3 is 5.97 Å². The molecule has 0 spiro atoms. The van der Waals surface area contributed by atoms with Crippen LogP contribution in [-0.4, -0.2) is 39.8 Å². The van der Waals surface area contributed by atoms with Gasteiger partial charge in [-0.25, -0.2) is 4.79 Å². The molecular weight excluding hydrogens is 370 g/mol. The molecule has 29 heavy (non-hydrogen) atoms. The molecule has 0 atom stereocenters. The molecule has 2 rings (SSSR count). The molecule has 0 aliphatic carbocycles. The molecule has 0 aromatic heterocycles. The molecule has 2 aromatic carbocycles. The van der Waals surface area contributed by atoms with Gasteiger partial charge in [0.15, 0.2) is 11.5 Å². The Balaban J connectivity index is 2.07. The number of benzene rings is 2. The van der Waals surface area contributed by atoms with Crippen molar-refractivity contribution in [3.8, 4) is 11.5 Å². The summed E-state index contributed by atoms with van der Waals surface area (Å²) in [4.78, 5) is 23.5. The molecule has 0 unspecified atom stereocenters. The third kappa shape index (κ3) is 6.84. The Morgan fingerprint density at radius 1 is 0.931 bits per heavy atom. The summed E-state index contributed by atoms with van der Waals surface area (Å²) < 4.78 is 15.3. The topological polar surface area (TPSA) is 73.9 Å². The Bertz CT molecular complexity index is 888. The van der Waals surface area contributed by atoms with Crippen LogP contribution < -0.4 is 14.8 Å². The van der Waals surface area contributed by atoms with E-state index >= 15 is 0 Å². The van der Waals surface area contributed by atoms with Gasteiger partial charge in [-0.3, -0.25) is 4.79 Å². The van der Waals surface area contributed by atoms with Gasteiger partial charge in [-0.15, -0.1) is 0 Å². The van der Waals surface area contributed by atoms with Crippen molar-refractivity contribution in [3.05, 3.63) is 71.3 Å². The summed E-state index contributed by atoms with van der Waals surface area (Å²) in [6.45, 7) is 0.423. The lowest BCUT2D eigenvalue weighted by Gasteiger charge is -2.13. The van der Waals surface area contributed by atoms with E-state index in [4.69, 9.17) is 9.47 Å². The predicted molar refractivity (Wildman–Crippen MR) is 113 cm³/mol. The third-order valence-electron chi connectivity index (χ3n) is 4.17. The zero-order valence-electron chi connectivity index (χ0n) is 16.8. The Kier molecular flexibility index (Phi) is 8.51. The quantitative estimate of drug-likeness (QED) is 0.521. The molecule has 2 aromatic rings. The third-order valence-corrected chi connectivity index (χ3v) is 4.17. The average molecular weight is 395 g/mol. The van der Waals surface area contributed by atoms with E-state index in [9.17, 15) is 9.59 Å². The molecule has 152 valence electrons. The second kappa shape index (κ2) is 11.3. The van der Waals surface area contributed by atoms with Gasteiger partial charge in [0, 0.05) is 18.7 Å². The fourth-order valence-electron chi connectivity index (χ4n) is 2.65. The highest BCUT2D eigenvalue weighted by atomic mass is 16.5. The van der Waals surface area contributed by atoms with E-state index in [-0.39, 0.29) is 5.91 Å². The first-order valence-electron chi connectivity index (χ1n) is 9.09. The maximum atomic E-state index is 12.1. The van der Waals surface area contributed by atoms with E-state index in [0.717, 1.165) is 16.7 Å². The molecule has 0 aliphatic heterocycles. The smallest absolute Gasteiger partial charge is 0.330 e. The zero-order chi connectivity index (χ0) is 21.1. The molecule has 0 bridgehead atoms. The van der Waals surface area contributed by atoms with Gasteiger partial charge in [0.25, 0.3) is 0 Å². The number of carbonyl (C=O) groups is 2. The summed E-state index contributed by atoms with van der Waals surface area (Å²) in [5.41, 5.74) is 2.63. The molecule has 1 N–H and O–H groups in total. The molecular formula is C23H25NO5. The first-order valence-corrected chi connectivity index (χ1v) is 9.09. The number of nitrogens with one attached hydrogen (secondary N) is 1. The molecule has 0 saturated carbocycles. The van der Waals surface area contributed by atoms with Crippen LogP contribution in [0.1, 0.15) is 16.7 Å². The Morgan fingerprint density at radius 2 is 1.62 bits per heavy atom. The second-order valence-corrected chi connectivity index (χ2v) is 6.05. The van der Waals surface area contributed by atoms with E-state index in [1.54, 1.807) is 32.4 Å². The van der Waals surface area contributed by atoms with Gasteiger partial charge in [-0.05, 0) is 47.4 Å². The number of hydrogen-bond donors (Lipinski definition) is 1. The molecule has 0 fully saturated rings. The molecule has 0 heterocycles. The standard InChI is InChI=1S/C23H25NO5/c1-27-20-15-18(10-12-23(26)29-3)19(16-21(20)28-2)13-14-24-22(25)11-9-17-7-5-4-6-8-17/h4-12,15-16H,13-14H2,1-3H3,(H,24,25)/b11-9+,12-10+. The van der Waals surface area contributed by atoms with Crippen LogP contribution in [0.4, 0.5) is 0 Å². The van der Waals surface area contributed by atoms with E-state index in [1.807, 2.05) is 36.4 Å². The minimum absolute atomic E-state index is 0.180. The van der Waals surface area contributed by atoms with Gasteiger partial charge in [0.2, 0.25) is 5.91 Å². The Morgan fingerprint density at radius 3 is 2.28 bits per heavy atom. The van der Waals surface area contributed by atoms with Gasteiger partial charge < -0.3 is 19.5 Å². The average Bonchev–Trinajstić information content (AvgIpc) is 2.76. The molecule has 0 aliphatic rings. The van der Waals surface area contributed by atoms with Crippen LogP contribution in [0, 0.1) is 0 Å². The van der Waals surface area contributed by atoms with Gasteiger partial charge in [-0.1, -0.05) is 30.3 Å². The van der Waals surface area contributed by atoms with Crippen LogP contribution in [0.3, 0.4) is 0 Å². The van der Waals surface area contributed by atoms with Gasteiger partial charge in [-0.2, -0.15) is 0 Å². The maximum absolute atomic E-state index is 12.1. The van der Waals surface area contributed by atoms with Crippen molar-refractivity contribution in [1.82, 2.24) is 5.32 Å². The number of hydrogen-bond acceptors (Lipinski definition) is 5. The lowest BCUT2D eigenvalue weighted by Crippen LogP contribution is -2.23. The number of esters is 1. The largest absolute Gasteiger partial charge is 0.493 e. The monoisotopic (exact) mass is 395 g/mol. The predicted octanol–water partition coefficient (Wildman–Crippen LogP) is 3.26. The van der Waals surface area contributed by atoms with Crippen LogP contribution in [0.15, 0.2) is 54.6 Å². The first-order chi connectivity index (χ1) is 14.1. The summed E-state index contributed by atoms with van der Waals surface area (Å²) in [6.07, 6.45) is 6.80. The summed E-state index contributed by atoms with van der Waals surface area (Å²) >= 11 is 0. The minimum Gasteiger partial charge on any atom is -0.493 e. The molecule has 1 amide bonds. The number of amides is 1. The van der Waals surface area contributed by atoms with E-state index in [0.29, 0.717) is 24.5 Å². The zero-order valence-corrected chi connectivity index (χ0v) is 16.8. The van der Waals surface area contributed by atoms with Crippen molar-refractivity contribution < 1.29 is 23.8 Å². The van der Waals surface area contributed by atoms with Crippen molar-refractivity contribution in [2.45, 2.75) is 6.42 Å². The van der Waals surface area contributed by atoms with Crippen molar-refractivity contribution in [2.75, 3.05) is 27.9 Å². The Hall–Kier alpha value is -3.54. The Labute approximate surface area is 170 Å². The van der Waals surface area contributed by atoms with Gasteiger partial charge in [0.05, 0.1) is 21.3 Å². The molecule has 6 heteroatoms. The highest BCUT2D eigenvalue weighted by Gasteiger charge is 2.10. The van der Waals surface area contributed by atoms with E-state index in [1.165, 1.54) is 19.3 Å². The van der Waals surface area contributed by atoms with Crippen LogP contribution >= 0.6 is 0 Å². The summed E-state index contributed by atoms with van der Waals surface area (Å²) in [5, 5.41) is 2.86. The number of methoxy groups -OCH3 is 3. The SMILES string of the molecule is COC(=O)/C=C/c1cc(OC)c(OC)cc1CCNC(=O)/C=C/c1ccccc1. The summed E-state index contributed by atoms with van der Waals surface area (Å²) in [7, 11) is 4.42. The van der Waals surface area contributed by atoms with Crippen LogP contribution in [0.25, 0.3) is 12.2 Å². The fourth-order valence-corrected chi connectivity index (χ4v) is 2.65. The lowest BCUT2D eigenvalue weighted by atomic mass is 10.0. The van der Waals surface area contributed by atoms with Crippen molar-refractivity contribution in [3.63, 3.8) is 0 Å². The van der Waals surface area contributed by atoms with Crippen LogP contribution in [0.2, 0.25) is 0 Å². The summed E-state index contributed by atoms with van der Waals surface area (Å²) in [5.74, 6) is 0.495. The van der Waals surface area contributed by atoms with Gasteiger partial charge in [0.1, 0.15) is 0 Å². The number of rotatable bonds is 9. The van der Waals surface area contributed by atoms with Crippen LogP contribution in [0.5, 0.6) is 11.5 Å². The second-order valence-electron chi connectivity index (χ2n) is 6.05. The summed E-state index contributed by atoms with van der Waals surface area (Å²) in [6, 6.07) is 13.2.